The maximum Gasteiger partial charge on any atom is 0.343 e. The number of carbonyl (C=O) groups excluding carboxylic acids is 2. The lowest BCUT2D eigenvalue weighted by Gasteiger charge is -2.10. The summed E-state index contributed by atoms with van der Waals surface area (Å²) < 4.78 is 8.21. The molecule has 0 aliphatic carbocycles. The van der Waals surface area contributed by atoms with Crippen LogP contribution in [0.2, 0.25) is 0 Å². The zero-order valence-corrected chi connectivity index (χ0v) is 19.3. The summed E-state index contributed by atoms with van der Waals surface area (Å²) in [5.74, 6) is -0.505. The first kappa shape index (κ1) is 22.2. The number of carbonyl (C=O) groups is 2. The Morgan fingerprint density at radius 3 is 2.45 bits per heavy atom. The van der Waals surface area contributed by atoms with Gasteiger partial charge >= 0.3 is 5.97 Å². The van der Waals surface area contributed by atoms with Crippen molar-refractivity contribution in [1.29, 1.82) is 0 Å². The maximum absolute atomic E-state index is 12.8. The first-order chi connectivity index (χ1) is 16.0. The van der Waals surface area contributed by atoms with E-state index in [0.717, 1.165) is 15.7 Å². The van der Waals surface area contributed by atoms with Gasteiger partial charge < -0.3 is 9.30 Å². The number of hydrogen-bond donors (Lipinski definition) is 1. The van der Waals surface area contributed by atoms with Crippen molar-refractivity contribution in [2.75, 3.05) is 0 Å². The van der Waals surface area contributed by atoms with Crippen LogP contribution in [-0.4, -0.2) is 22.7 Å². The van der Waals surface area contributed by atoms with Gasteiger partial charge in [0.1, 0.15) is 5.75 Å². The number of esters is 1. The van der Waals surface area contributed by atoms with Crippen LogP contribution in [0.15, 0.2) is 101 Å². The van der Waals surface area contributed by atoms with E-state index >= 15 is 0 Å². The fourth-order valence-electron chi connectivity index (χ4n) is 3.17. The molecule has 6 nitrogen and oxygen atoms in total. The van der Waals surface area contributed by atoms with Crippen LogP contribution < -0.4 is 10.2 Å². The zero-order valence-electron chi connectivity index (χ0n) is 17.7. The third kappa shape index (κ3) is 5.45. The molecule has 7 heteroatoms. The van der Waals surface area contributed by atoms with Gasteiger partial charge in [-0.15, -0.1) is 0 Å². The fourth-order valence-corrected chi connectivity index (χ4v) is 3.55. The summed E-state index contributed by atoms with van der Waals surface area (Å²) in [4.78, 5) is 25.3. The number of aromatic nitrogens is 1. The van der Waals surface area contributed by atoms with E-state index < -0.39 is 5.97 Å². The molecule has 4 aromatic rings. The molecular formula is C26H20BrN3O3. The third-order valence-corrected chi connectivity index (χ3v) is 5.36. The molecule has 0 radical (unpaired) electrons. The highest BCUT2D eigenvalue weighted by atomic mass is 79.9. The molecule has 33 heavy (non-hydrogen) atoms. The Balaban J connectivity index is 1.51. The van der Waals surface area contributed by atoms with E-state index in [1.807, 2.05) is 60.3 Å². The predicted molar refractivity (Wildman–Crippen MR) is 131 cm³/mol. The standard InChI is InChI=1S/C26H20BrN3O3/c1-18-8-10-19(11-9-18)26(32)33-24-13-12-21(27)16-20(24)17-28-29-25(31)22-6-2-3-7-23(22)30-14-4-5-15-30/h2-17H,1H3,(H,29,31)/b28-17-. The normalized spacial score (nSPS) is 10.8. The Kier molecular flexibility index (Phi) is 6.80. The molecule has 0 fully saturated rings. The van der Waals surface area contributed by atoms with Crippen LogP contribution >= 0.6 is 15.9 Å². The second kappa shape index (κ2) is 10.1. The molecular weight excluding hydrogens is 482 g/mol. The highest BCUT2D eigenvalue weighted by Crippen LogP contribution is 2.23. The second-order valence-corrected chi connectivity index (χ2v) is 8.16. The number of hydrazone groups is 1. The fraction of sp³-hybridized carbons (Fsp3) is 0.0385. The highest BCUT2D eigenvalue weighted by Gasteiger charge is 2.13. The molecule has 1 N–H and O–H groups in total. The van der Waals surface area contributed by atoms with Crippen molar-refractivity contribution in [2.45, 2.75) is 6.92 Å². The van der Waals surface area contributed by atoms with E-state index in [2.05, 4.69) is 26.5 Å². The lowest BCUT2D eigenvalue weighted by molar-refractivity contribution is 0.0734. The number of amides is 1. The summed E-state index contributed by atoms with van der Waals surface area (Å²) in [6, 6.07) is 23.3. The largest absolute Gasteiger partial charge is 0.422 e. The molecule has 4 rings (SSSR count). The Labute approximate surface area is 199 Å². The zero-order chi connectivity index (χ0) is 23.2. The molecule has 3 aromatic carbocycles. The lowest BCUT2D eigenvalue weighted by atomic mass is 10.1. The maximum atomic E-state index is 12.8. The van der Waals surface area contributed by atoms with Gasteiger partial charge in [0.2, 0.25) is 0 Å². The van der Waals surface area contributed by atoms with E-state index in [1.165, 1.54) is 6.21 Å². The van der Waals surface area contributed by atoms with Crippen molar-refractivity contribution >= 4 is 34.0 Å². The van der Waals surface area contributed by atoms with Crippen molar-refractivity contribution in [3.63, 3.8) is 0 Å². The van der Waals surface area contributed by atoms with Gasteiger partial charge in [0, 0.05) is 22.4 Å². The summed E-state index contributed by atoms with van der Waals surface area (Å²) in [6.07, 6.45) is 5.18. The summed E-state index contributed by atoms with van der Waals surface area (Å²) in [5, 5.41) is 4.09. The van der Waals surface area contributed by atoms with Gasteiger partial charge in [-0.1, -0.05) is 45.8 Å². The molecule has 0 unspecified atom stereocenters. The van der Waals surface area contributed by atoms with Crippen LogP contribution in [0.5, 0.6) is 5.75 Å². The number of aryl methyl sites for hydroxylation is 1. The lowest BCUT2D eigenvalue weighted by Crippen LogP contribution is -2.19. The van der Waals surface area contributed by atoms with E-state index in [9.17, 15) is 9.59 Å². The number of hydrogen-bond acceptors (Lipinski definition) is 4. The molecule has 164 valence electrons. The number of ether oxygens (including phenoxy) is 1. The monoisotopic (exact) mass is 501 g/mol. The Hall–Kier alpha value is -3.97. The summed E-state index contributed by atoms with van der Waals surface area (Å²) in [5.41, 5.74) is 5.80. The van der Waals surface area contributed by atoms with Crippen molar-refractivity contribution in [2.24, 2.45) is 5.10 Å². The van der Waals surface area contributed by atoms with E-state index in [1.54, 1.807) is 42.5 Å². The first-order valence-corrected chi connectivity index (χ1v) is 10.9. The topological polar surface area (TPSA) is 72.7 Å². The van der Waals surface area contributed by atoms with Crippen LogP contribution in [0.25, 0.3) is 5.69 Å². The van der Waals surface area contributed by atoms with E-state index in [4.69, 9.17) is 4.74 Å². The number of nitrogens with zero attached hydrogens (tertiary/aromatic N) is 2. The molecule has 0 aliphatic rings. The SMILES string of the molecule is Cc1ccc(C(=O)Oc2ccc(Br)cc2/C=N\NC(=O)c2ccccc2-n2cccc2)cc1. The molecule has 0 atom stereocenters. The quantitative estimate of drug-likeness (QED) is 0.163. The average molecular weight is 502 g/mol. The predicted octanol–water partition coefficient (Wildman–Crippen LogP) is 5.53. The van der Waals surface area contributed by atoms with Crippen molar-refractivity contribution in [1.82, 2.24) is 9.99 Å². The average Bonchev–Trinajstić information content (AvgIpc) is 3.36. The summed E-state index contributed by atoms with van der Waals surface area (Å²) in [7, 11) is 0. The number of benzene rings is 3. The van der Waals surface area contributed by atoms with Gasteiger partial charge in [0.25, 0.3) is 5.91 Å². The van der Waals surface area contributed by atoms with Crippen molar-refractivity contribution in [3.8, 4) is 11.4 Å². The molecule has 0 aliphatic heterocycles. The minimum absolute atomic E-state index is 0.328. The van der Waals surface area contributed by atoms with Gasteiger partial charge in [0.15, 0.2) is 0 Å². The Morgan fingerprint density at radius 1 is 0.970 bits per heavy atom. The smallest absolute Gasteiger partial charge is 0.343 e. The number of rotatable bonds is 6. The highest BCUT2D eigenvalue weighted by molar-refractivity contribution is 9.10. The minimum atomic E-state index is -0.475. The van der Waals surface area contributed by atoms with E-state index in [0.29, 0.717) is 22.4 Å². The van der Waals surface area contributed by atoms with Crippen molar-refractivity contribution < 1.29 is 14.3 Å². The number of para-hydroxylation sites is 1. The molecule has 1 amide bonds. The molecule has 0 bridgehead atoms. The molecule has 1 heterocycles. The van der Waals surface area contributed by atoms with E-state index in [-0.39, 0.29) is 5.91 Å². The van der Waals surface area contributed by atoms with Gasteiger partial charge in [-0.25, -0.2) is 10.2 Å². The van der Waals surface area contributed by atoms with Crippen LogP contribution in [0.4, 0.5) is 0 Å². The number of nitrogens with one attached hydrogen (secondary N) is 1. The molecule has 0 saturated heterocycles. The minimum Gasteiger partial charge on any atom is -0.422 e. The van der Waals surface area contributed by atoms with Crippen LogP contribution in [0.1, 0.15) is 31.8 Å². The van der Waals surface area contributed by atoms with Gasteiger partial charge in [-0.3, -0.25) is 4.79 Å². The number of halogens is 1. The Morgan fingerprint density at radius 2 is 1.70 bits per heavy atom. The summed E-state index contributed by atoms with van der Waals surface area (Å²) in [6.45, 7) is 1.95. The van der Waals surface area contributed by atoms with Crippen LogP contribution in [-0.2, 0) is 0 Å². The molecule has 1 aromatic heterocycles. The third-order valence-electron chi connectivity index (χ3n) is 4.86. The van der Waals surface area contributed by atoms with Crippen LogP contribution in [0, 0.1) is 6.92 Å². The second-order valence-electron chi connectivity index (χ2n) is 7.24. The first-order valence-electron chi connectivity index (χ1n) is 10.2. The van der Waals surface area contributed by atoms with Crippen molar-refractivity contribution in [3.05, 3.63) is 118 Å². The van der Waals surface area contributed by atoms with Gasteiger partial charge in [-0.2, -0.15) is 5.10 Å². The van der Waals surface area contributed by atoms with Gasteiger partial charge in [-0.05, 0) is 61.5 Å². The molecule has 0 spiro atoms. The summed E-state index contributed by atoms with van der Waals surface area (Å²) >= 11 is 3.41. The molecule has 0 saturated carbocycles. The van der Waals surface area contributed by atoms with Crippen LogP contribution in [0.3, 0.4) is 0 Å². The Bertz CT molecular complexity index is 1310. The van der Waals surface area contributed by atoms with Gasteiger partial charge in [0.05, 0.1) is 23.0 Å².